The molecule has 3 aliphatic rings. The number of aliphatic imine (C=N–C) groups is 1. The van der Waals surface area contributed by atoms with Crippen molar-refractivity contribution in [3.05, 3.63) is 36.5 Å². The third-order valence-corrected chi connectivity index (χ3v) is 7.33. The van der Waals surface area contributed by atoms with E-state index in [0.717, 1.165) is 30.2 Å². The maximum absolute atomic E-state index is 13.1. The van der Waals surface area contributed by atoms with Gasteiger partial charge in [-0.3, -0.25) is 0 Å². The van der Waals surface area contributed by atoms with Crippen molar-refractivity contribution in [1.29, 1.82) is 0 Å². The van der Waals surface area contributed by atoms with Gasteiger partial charge in [0.05, 0.1) is 31.1 Å². The molecule has 3 heterocycles. The number of pyridine rings is 1. The van der Waals surface area contributed by atoms with Crippen LogP contribution >= 0.6 is 0 Å². The van der Waals surface area contributed by atoms with Crippen LogP contribution in [0.5, 0.6) is 11.5 Å². The van der Waals surface area contributed by atoms with E-state index < -0.39 is 0 Å². The average Bonchev–Trinajstić information content (AvgIpc) is 2.90. The van der Waals surface area contributed by atoms with Crippen LogP contribution in [0.15, 0.2) is 41.5 Å². The van der Waals surface area contributed by atoms with Crippen LogP contribution in [0.4, 0.5) is 22.0 Å². The van der Waals surface area contributed by atoms with Crippen molar-refractivity contribution in [2.24, 2.45) is 4.99 Å². The fourth-order valence-electron chi connectivity index (χ4n) is 5.28. The van der Waals surface area contributed by atoms with Crippen LogP contribution in [0.3, 0.4) is 0 Å². The Morgan fingerprint density at radius 3 is 2.66 bits per heavy atom. The number of aromatic nitrogens is 1. The van der Waals surface area contributed by atoms with Crippen molar-refractivity contribution in [1.82, 2.24) is 15.2 Å². The third kappa shape index (κ3) is 4.85. The Labute approximate surface area is 206 Å². The van der Waals surface area contributed by atoms with Gasteiger partial charge in [-0.2, -0.15) is 0 Å². The van der Waals surface area contributed by atoms with Gasteiger partial charge in [-0.25, -0.2) is 14.8 Å². The van der Waals surface area contributed by atoms with Gasteiger partial charge in [-0.1, -0.05) is 19.3 Å². The molecule has 3 N–H and O–H groups in total. The smallest absolute Gasteiger partial charge is 0.321 e. The van der Waals surface area contributed by atoms with Crippen molar-refractivity contribution >= 4 is 29.1 Å². The topological polar surface area (TPSA) is 100 Å². The van der Waals surface area contributed by atoms with Crippen LogP contribution in [-0.2, 0) is 0 Å². The molecule has 186 valence electrons. The van der Waals surface area contributed by atoms with E-state index >= 15 is 0 Å². The third-order valence-electron chi connectivity index (χ3n) is 7.33. The number of carbonyl (C=O) groups is 1. The highest BCUT2D eigenvalue weighted by atomic mass is 16.5. The zero-order valence-electron chi connectivity index (χ0n) is 20.5. The van der Waals surface area contributed by atoms with E-state index in [0.29, 0.717) is 36.3 Å². The predicted octanol–water partition coefficient (Wildman–Crippen LogP) is 4.54. The molecule has 1 saturated heterocycles. The molecule has 2 amide bonds. The molecule has 5 rings (SSSR count). The Kier molecular flexibility index (Phi) is 6.66. The number of carbonyl (C=O) groups excluding carboxylic acids is 1. The van der Waals surface area contributed by atoms with E-state index in [2.05, 4.69) is 20.9 Å². The van der Waals surface area contributed by atoms with E-state index in [1.807, 2.05) is 17.0 Å². The highest BCUT2D eigenvalue weighted by Crippen LogP contribution is 2.38. The number of likely N-dealkylation sites (tertiary alicyclic amines) is 1. The largest absolute Gasteiger partial charge is 0.497 e. The van der Waals surface area contributed by atoms with Crippen molar-refractivity contribution < 1.29 is 14.3 Å². The summed E-state index contributed by atoms with van der Waals surface area (Å²) in [6.45, 7) is 1.21. The number of hydrogen-bond donors (Lipinski definition) is 3. The molecule has 0 bridgehead atoms. The Morgan fingerprint density at radius 1 is 1.11 bits per heavy atom. The van der Waals surface area contributed by atoms with Gasteiger partial charge in [0.2, 0.25) is 0 Å². The van der Waals surface area contributed by atoms with E-state index in [9.17, 15) is 4.79 Å². The lowest BCUT2D eigenvalue weighted by molar-refractivity contribution is 0.189. The van der Waals surface area contributed by atoms with Crippen LogP contribution in [-0.4, -0.2) is 60.6 Å². The molecule has 0 atom stereocenters. The summed E-state index contributed by atoms with van der Waals surface area (Å²) < 4.78 is 10.7. The maximum atomic E-state index is 13.1. The highest BCUT2D eigenvalue weighted by molar-refractivity contribution is 6.00. The quantitative estimate of drug-likeness (QED) is 0.596. The minimum absolute atomic E-state index is 0.150. The van der Waals surface area contributed by atoms with Crippen molar-refractivity contribution in [2.75, 3.05) is 37.9 Å². The first kappa shape index (κ1) is 23.3. The van der Waals surface area contributed by atoms with Gasteiger partial charge in [0.25, 0.3) is 0 Å². The number of ether oxygens (including phenoxy) is 2. The Hall–Kier alpha value is -3.49. The van der Waals surface area contributed by atoms with Crippen LogP contribution in [0.2, 0.25) is 0 Å². The molecule has 2 aliphatic heterocycles. The maximum Gasteiger partial charge on any atom is 0.321 e. The fourth-order valence-corrected chi connectivity index (χ4v) is 5.28. The summed E-state index contributed by atoms with van der Waals surface area (Å²) in [6.07, 6.45) is 9.43. The molecular weight excluding hydrogens is 444 g/mol. The number of anilines is 2. The summed E-state index contributed by atoms with van der Waals surface area (Å²) in [6, 6.07) is 9.61. The van der Waals surface area contributed by atoms with E-state index in [-0.39, 0.29) is 11.6 Å². The number of amides is 2. The molecule has 2 fully saturated rings. The van der Waals surface area contributed by atoms with E-state index in [1.54, 1.807) is 38.6 Å². The zero-order chi connectivity index (χ0) is 24.3. The standard InChI is InChI=1S/C26H34N6O3/c1-34-19-10-11-22(35-2)21(17-19)29-25(33)32-15-12-26(13-16-32)24(28-18-7-4-3-5-8-18)30-23-20(31-26)9-6-14-27-23/h6,9-11,14,17-18,31H,3-5,7-8,12-13,15-16H2,1-2H3,(H,29,33)(H,27,28,30). The highest BCUT2D eigenvalue weighted by Gasteiger charge is 2.44. The number of nitrogens with zero attached hydrogens (tertiary/aromatic N) is 3. The number of hydrogen-bond acceptors (Lipinski definition) is 7. The van der Waals surface area contributed by atoms with Gasteiger partial charge in [0, 0.05) is 31.4 Å². The van der Waals surface area contributed by atoms with Gasteiger partial charge in [-0.15, -0.1) is 0 Å². The molecule has 1 aliphatic carbocycles. The number of urea groups is 1. The number of rotatable bonds is 4. The van der Waals surface area contributed by atoms with E-state index in [1.165, 1.54) is 32.1 Å². The normalized spacial score (nSPS) is 19.3. The average molecular weight is 479 g/mol. The molecule has 35 heavy (non-hydrogen) atoms. The summed E-state index contributed by atoms with van der Waals surface area (Å²) in [7, 11) is 3.19. The molecule has 9 heteroatoms. The Bertz CT molecular complexity index is 1090. The van der Waals surface area contributed by atoms with Crippen molar-refractivity contribution in [2.45, 2.75) is 56.5 Å². The second kappa shape index (κ2) is 10.0. The number of benzene rings is 1. The summed E-state index contributed by atoms with van der Waals surface area (Å²) in [5.74, 6) is 2.94. The molecule has 1 aromatic heterocycles. The number of nitrogens with one attached hydrogen (secondary N) is 3. The van der Waals surface area contributed by atoms with Crippen LogP contribution in [0.25, 0.3) is 0 Å². The molecule has 1 aromatic carbocycles. The van der Waals surface area contributed by atoms with Crippen molar-refractivity contribution in [3.63, 3.8) is 0 Å². The van der Waals surface area contributed by atoms with Gasteiger partial charge in [-0.05, 0) is 49.9 Å². The summed E-state index contributed by atoms with van der Waals surface area (Å²) >= 11 is 0. The molecule has 1 spiro atoms. The number of piperidine rings is 1. The SMILES string of the molecule is COc1ccc(OC)c(NC(=O)N2CCC3(CC2)Nc2cccnc2N=C3NC2CCCCC2)c1. The zero-order valence-corrected chi connectivity index (χ0v) is 20.5. The molecule has 0 radical (unpaired) electrons. The van der Waals surface area contributed by atoms with Gasteiger partial charge < -0.3 is 30.3 Å². The summed E-state index contributed by atoms with van der Waals surface area (Å²) in [5.41, 5.74) is 1.20. The molecule has 0 unspecified atom stereocenters. The second-order valence-corrected chi connectivity index (χ2v) is 9.50. The van der Waals surface area contributed by atoms with E-state index in [4.69, 9.17) is 14.5 Å². The molecular formula is C26H34N6O3. The lowest BCUT2D eigenvalue weighted by atomic mass is 9.83. The fraction of sp³-hybridized carbons (Fsp3) is 0.500. The number of amidine groups is 1. The minimum Gasteiger partial charge on any atom is -0.497 e. The Balaban J connectivity index is 1.31. The summed E-state index contributed by atoms with van der Waals surface area (Å²) in [5, 5.41) is 10.5. The number of fused-ring (bicyclic) bond motifs is 1. The number of methoxy groups -OCH3 is 2. The van der Waals surface area contributed by atoms with Gasteiger partial charge >= 0.3 is 6.03 Å². The Morgan fingerprint density at radius 2 is 1.91 bits per heavy atom. The van der Waals surface area contributed by atoms with Gasteiger partial charge in [0.1, 0.15) is 17.3 Å². The second-order valence-electron chi connectivity index (χ2n) is 9.50. The first-order valence-electron chi connectivity index (χ1n) is 12.5. The summed E-state index contributed by atoms with van der Waals surface area (Å²) in [4.78, 5) is 24.4. The van der Waals surface area contributed by atoms with Gasteiger partial charge in [0.15, 0.2) is 5.82 Å². The minimum atomic E-state index is -0.335. The monoisotopic (exact) mass is 478 g/mol. The van der Waals surface area contributed by atoms with Crippen molar-refractivity contribution in [3.8, 4) is 11.5 Å². The lowest BCUT2D eigenvalue weighted by Gasteiger charge is -2.46. The first-order valence-corrected chi connectivity index (χ1v) is 12.5. The predicted molar refractivity (Wildman–Crippen MR) is 137 cm³/mol. The molecule has 1 saturated carbocycles. The van der Waals surface area contributed by atoms with Crippen LogP contribution in [0.1, 0.15) is 44.9 Å². The van der Waals surface area contributed by atoms with Crippen LogP contribution < -0.4 is 25.4 Å². The lowest BCUT2D eigenvalue weighted by Crippen LogP contribution is -2.61. The first-order chi connectivity index (χ1) is 17.1. The molecule has 2 aromatic rings. The molecule has 9 nitrogen and oxygen atoms in total. The van der Waals surface area contributed by atoms with Crippen LogP contribution in [0, 0.1) is 0 Å².